The fraction of sp³-hybridized carbons (Fsp3) is 0.400. The summed E-state index contributed by atoms with van der Waals surface area (Å²) < 4.78 is 2.11. The second-order valence-electron chi connectivity index (χ2n) is 5.20. The molecule has 112 valence electrons. The number of hydrogen-bond donors (Lipinski definition) is 1. The van der Waals surface area contributed by atoms with Gasteiger partial charge in [-0.3, -0.25) is 4.79 Å². The van der Waals surface area contributed by atoms with Gasteiger partial charge in [-0.15, -0.1) is 0 Å². The van der Waals surface area contributed by atoms with E-state index in [1.54, 1.807) is 19.0 Å². The molecule has 0 aliphatic rings. The maximum Gasteiger partial charge on any atom is 0.222 e. The Kier molecular flexibility index (Phi) is 4.90. The molecule has 2 rings (SSSR count). The van der Waals surface area contributed by atoms with Crippen molar-refractivity contribution < 1.29 is 4.79 Å². The number of hydrogen-bond acceptors (Lipinski definition) is 3. The van der Waals surface area contributed by atoms with E-state index in [4.69, 9.17) is 18.0 Å². The Morgan fingerprint density at radius 2 is 2.10 bits per heavy atom. The Labute approximate surface area is 129 Å². The molecule has 5 nitrogen and oxygen atoms in total. The van der Waals surface area contributed by atoms with Crippen molar-refractivity contribution in [2.45, 2.75) is 25.8 Å². The SMILES string of the molecule is CN(C)C(=O)CCCn1c(CC(N)=S)nc2ccccc21. The molecule has 0 saturated heterocycles. The molecule has 0 saturated carbocycles. The summed E-state index contributed by atoms with van der Waals surface area (Å²) in [6.45, 7) is 0.734. The lowest BCUT2D eigenvalue weighted by Gasteiger charge is -2.12. The van der Waals surface area contributed by atoms with E-state index in [9.17, 15) is 4.79 Å². The van der Waals surface area contributed by atoms with Crippen molar-refractivity contribution in [3.63, 3.8) is 0 Å². The molecule has 1 aromatic heterocycles. The maximum absolute atomic E-state index is 11.7. The molecule has 0 bridgehead atoms. The lowest BCUT2D eigenvalue weighted by molar-refractivity contribution is -0.128. The number of amides is 1. The first-order valence-electron chi connectivity index (χ1n) is 6.91. The minimum absolute atomic E-state index is 0.135. The molecule has 21 heavy (non-hydrogen) atoms. The summed E-state index contributed by atoms with van der Waals surface area (Å²) in [5.41, 5.74) is 7.64. The molecule has 0 spiro atoms. The van der Waals surface area contributed by atoms with Crippen LogP contribution in [0, 0.1) is 0 Å². The van der Waals surface area contributed by atoms with E-state index in [0.717, 1.165) is 29.8 Å². The number of carbonyl (C=O) groups excluding carboxylic acids is 1. The number of fused-ring (bicyclic) bond motifs is 1. The van der Waals surface area contributed by atoms with Crippen LogP contribution in [0.25, 0.3) is 11.0 Å². The summed E-state index contributed by atoms with van der Waals surface area (Å²) >= 11 is 4.99. The largest absolute Gasteiger partial charge is 0.393 e. The van der Waals surface area contributed by atoms with Crippen molar-refractivity contribution in [2.24, 2.45) is 5.73 Å². The fourth-order valence-corrected chi connectivity index (χ4v) is 2.41. The lowest BCUT2D eigenvalue weighted by Crippen LogP contribution is -2.22. The van der Waals surface area contributed by atoms with Crippen LogP contribution in [0.3, 0.4) is 0 Å². The quantitative estimate of drug-likeness (QED) is 0.826. The van der Waals surface area contributed by atoms with E-state index in [1.165, 1.54) is 0 Å². The minimum atomic E-state index is 0.135. The van der Waals surface area contributed by atoms with Gasteiger partial charge in [-0.2, -0.15) is 0 Å². The molecule has 0 aliphatic heterocycles. The second kappa shape index (κ2) is 6.67. The van der Waals surface area contributed by atoms with Gasteiger partial charge in [0.05, 0.1) is 22.4 Å². The van der Waals surface area contributed by atoms with Crippen molar-refractivity contribution >= 4 is 34.1 Å². The zero-order chi connectivity index (χ0) is 15.4. The number of nitrogens with two attached hydrogens (primary N) is 1. The van der Waals surface area contributed by atoms with E-state index in [2.05, 4.69) is 9.55 Å². The standard InChI is InChI=1S/C15H20N4OS/c1-18(2)15(20)8-5-9-19-12-7-4-3-6-11(12)17-14(19)10-13(16)21/h3-4,6-7H,5,8-10H2,1-2H3,(H2,16,21). The summed E-state index contributed by atoms with van der Waals surface area (Å²) in [4.78, 5) is 18.3. The summed E-state index contributed by atoms with van der Waals surface area (Å²) in [6, 6.07) is 7.94. The smallest absolute Gasteiger partial charge is 0.222 e. The van der Waals surface area contributed by atoms with E-state index < -0.39 is 0 Å². The molecule has 2 aromatic rings. The van der Waals surface area contributed by atoms with Crippen molar-refractivity contribution in [2.75, 3.05) is 14.1 Å². The van der Waals surface area contributed by atoms with Gasteiger partial charge in [-0.1, -0.05) is 24.4 Å². The predicted molar refractivity (Wildman–Crippen MR) is 88.2 cm³/mol. The summed E-state index contributed by atoms with van der Waals surface area (Å²) in [5, 5.41) is 0. The highest BCUT2D eigenvalue weighted by Crippen LogP contribution is 2.17. The zero-order valence-electron chi connectivity index (χ0n) is 12.4. The van der Waals surface area contributed by atoms with E-state index in [0.29, 0.717) is 17.8 Å². The molecule has 6 heteroatoms. The number of benzene rings is 1. The number of aryl methyl sites for hydroxylation is 1. The van der Waals surface area contributed by atoms with Gasteiger partial charge in [0.15, 0.2) is 0 Å². The summed E-state index contributed by atoms with van der Waals surface area (Å²) in [6.07, 6.45) is 1.76. The van der Waals surface area contributed by atoms with Crippen LogP contribution in [0.1, 0.15) is 18.7 Å². The average molecular weight is 304 g/mol. The molecule has 1 heterocycles. The predicted octanol–water partition coefficient (Wildman–Crippen LogP) is 1.73. The van der Waals surface area contributed by atoms with Gasteiger partial charge in [0, 0.05) is 27.1 Å². The Balaban J connectivity index is 2.19. The van der Waals surface area contributed by atoms with Crippen LogP contribution >= 0.6 is 12.2 Å². The number of carbonyl (C=O) groups is 1. The van der Waals surface area contributed by atoms with E-state index in [1.807, 2.05) is 24.3 Å². The molecular weight excluding hydrogens is 284 g/mol. The van der Waals surface area contributed by atoms with Gasteiger partial charge in [0.1, 0.15) is 5.82 Å². The van der Waals surface area contributed by atoms with Crippen LogP contribution in [-0.4, -0.2) is 39.4 Å². The van der Waals surface area contributed by atoms with E-state index in [-0.39, 0.29) is 5.91 Å². The Morgan fingerprint density at radius 3 is 2.76 bits per heavy atom. The topological polar surface area (TPSA) is 64.2 Å². The van der Waals surface area contributed by atoms with Crippen molar-refractivity contribution in [1.82, 2.24) is 14.5 Å². The highest BCUT2D eigenvalue weighted by Gasteiger charge is 2.12. The first-order valence-corrected chi connectivity index (χ1v) is 7.32. The van der Waals surface area contributed by atoms with Crippen molar-refractivity contribution in [3.8, 4) is 0 Å². The third kappa shape index (κ3) is 3.78. The van der Waals surface area contributed by atoms with Crippen molar-refractivity contribution in [1.29, 1.82) is 0 Å². The van der Waals surface area contributed by atoms with Crippen LogP contribution in [0.4, 0.5) is 0 Å². The molecule has 0 unspecified atom stereocenters. The number of para-hydroxylation sites is 2. The highest BCUT2D eigenvalue weighted by molar-refractivity contribution is 7.80. The molecule has 0 aliphatic carbocycles. The molecule has 0 radical (unpaired) electrons. The fourth-order valence-electron chi connectivity index (χ4n) is 2.28. The molecule has 1 aromatic carbocycles. The number of imidazole rings is 1. The van der Waals surface area contributed by atoms with Crippen molar-refractivity contribution in [3.05, 3.63) is 30.1 Å². The summed E-state index contributed by atoms with van der Waals surface area (Å²) in [5.74, 6) is 0.997. The molecule has 2 N–H and O–H groups in total. The average Bonchev–Trinajstić information content (AvgIpc) is 2.75. The van der Waals surface area contributed by atoms with Crippen LogP contribution in [0.15, 0.2) is 24.3 Å². The Hall–Kier alpha value is -1.95. The first-order chi connectivity index (χ1) is 9.99. The van der Waals surface area contributed by atoms with Gasteiger partial charge in [0.2, 0.25) is 5.91 Å². The minimum Gasteiger partial charge on any atom is -0.393 e. The van der Waals surface area contributed by atoms with E-state index >= 15 is 0 Å². The van der Waals surface area contributed by atoms with Gasteiger partial charge in [0.25, 0.3) is 0 Å². The first kappa shape index (κ1) is 15.4. The van der Waals surface area contributed by atoms with Crippen LogP contribution in [-0.2, 0) is 17.8 Å². The second-order valence-corrected chi connectivity index (χ2v) is 5.73. The third-order valence-electron chi connectivity index (χ3n) is 3.34. The van der Waals surface area contributed by atoms with Gasteiger partial charge in [-0.05, 0) is 18.6 Å². The Bertz CT molecular complexity index is 663. The molecule has 0 atom stereocenters. The monoisotopic (exact) mass is 304 g/mol. The van der Waals surface area contributed by atoms with Gasteiger partial charge >= 0.3 is 0 Å². The molecular formula is C15H20N4OS. The van der Waals surface area contributed by atoms with Gasteiger partial charge in [-0.25, -0.2) is 4.98 Å². The normalized spacial score (nSPS) is 10.8. The lowest BCUT2D eigenvalue weighted by atomic mass is 10.2. The highest BCUT2D eigenvalue weighted by atomic mass is 32.1. The Morgan fingerprint density at radius 1 is 1.38 bits per heavy atom. The number of aromatic nitrogens is 2. The number of thiocarbonyl (C=S) groups is 1. The number of nitrogens with zero attached hydrogens (tertiary/aromatic N) is 3. The summed E-state index contributed by atoms with van der Waals surface area (Å²) in [7, 11) is 3.54. The third-order valence-corrected chi connectivity index (χ3v) is 3.48. The molecule has 1 amide bonds. The molecule has 0 fully saturated rings. The van der Waals surface area contributed by atoms with Crippen LogP contribution in [0.2, 0.25) is 0 Å². The number of rotatable bonds is 6. The van der Waals surface area contributed by atoms with Gasteiger partial charge < -0.3 is 15.2 Å². The maximum atomic E-state index is 11.7. The van der Waals surface area contributed by atoms with Crippen LogP contribution < -0.4 is 5.73 Å². The zero-order valence-corrected chi connectivity index (χ0v) is 13.2. The van der Waals surface area contributed by atoms with Crippen LogP contribution in [0.5, 0.6) is 0 Å².